The third kappa shape index (κ3) is 1.53. The lowest BCUT2D eigenvalue weighted by atomic mass is 10.2. The molecular weight excluding hydrogens is 160 g/mol. The van der Waals surface area contributed by atoms with Gasteiger partial charge < -0.3 is 9.47 Å². The highest BCUT2D eigenvalue weighted by molar-refractivity contribution is 6.04. The van der Waals surface area contributed by atoms with Crippen LogP contribution in [0.25, 0.3) is 0 Å². The summed E-state index contributed by atoms with van der Waals surface area (Å²) >= 11 is 0. The van der Waals surface area contributed by atoms with Crippen LogP contribution >= 0.6 is 0 Å². The number of esters is 1. The molecule has 0 aromatic heterocycles. The zero-order valence-electron chi connectivity index (χ0n) is 6.99. The highest BCUT2D eigenvalue weighted by Crippen LogP contribution is 2.19. The van der Waals surface area contributed by atoms with Crippen molar-refractivity contribution in [1.29, 1.82) is 0 Å². The fourth-order valence-electron chi connectivity index (χ4n) is 1.14. The molecule has 0 spiro atoms. The molecule has 0 radical (unpaired) electrons. The molecule has 1 unspecified atom stereocenters. The van der Waals surface area contributed by atoms with Gasteiger partial charge in [0, 0.05) is 13.5 Å². The number of ketones is 1. The molecule has 4 heteroatoms. The van der Waals surface area contributed by atoms with Gasteiger partial charge in [-0.3, -0.25) is 4.79 Å². The van der Waals surface area contributed by atoms with Gasteiger partial charge in [0.15, 0.2) is 5.78 Å². The summed E-state index contributed by atoms with van der Waals surface area (Å²) < 4.78 is 9.40. The Labute approximate surface area is 70.1 Å². The van der Waals surface area contributed by atoms with Gasteiger partial charge in [-0.2, -0.15) is 0 Å². The van der Waals surface area contributed by atoms with Crippen LogP contribution in [0.3, 0.4) is 0 Å². The number of carbonyl (C=O) groups is 2. The molecule has 1 rings (SSSR count). The Kier molecular flexibility index (Phi) is 2.60. The predicted molar refractivity (Wildman–Crippen MR) is 40.5 cm³/mol. The second-order valence-corrected chi connectivity index (χ2v) is 2.49. The van der Waals surface area contributed by atoms with Crippen molar-refractivity contribution in [3.63, 3.8) is 0 Å². The van der Waals surface area contributed by atoms with E-state index < -0.39 is 12.1 Å². The van der Waals surface area contributed by atoms with Gasteiger partial charge in [-0.15, -0.1) is 0 Å². The molecule has 0 aromatic carbocycles. The smallest absolute Gasteiger partial charge is 0.336 e. The van der Waals surface area contributed by atoms with Crippen LogP contribution in [0.5, 0.6) is 0 Å². The molecule has 0 amide bonds. The molecular formula is C8H10O4. The van der Waals surface area contributed by atoms with E-state index in [-0.39, 0.29) is 12.2 Å². The molecule has 0 aromatic rings. The van der Waals surface area contributed by atoms with E-state index >= 15 is 0 Å². The molecule has 1 atom stereocenters. The summed E-state index contributed by atoms with van der Waals surface area (Å²) in [4.78, 5) is 21.9. The number of hydrogen-bond donors (Lipinski definition) is 0. The van der Waals surface area contributed by atoms with Gasteiger partial charge in [0.1, 0.15) is 0 Å². The van der Waals surface area contributed by atoms with Crippen LogP contribution in [0.4, 0.5) is 0 Å². The first-order valence-corrected chi connectivity index (χ1v) is 3.54. The van der Waals surface area contributed by atoms with Crippen LogP contribution in [0.2, 0.25) is 0 Å². The molecule has 1 aliphatic rings. The zero-order chi connectivity index (χ0) is 9.14. The molecule has 0 aliphatic heterocycles. The summed E-state index contributed by atoms with van der Waals surface area (Å²) in [5.41, 5.74) is 0.310. The average Bonchev–Trinajstić information content (AvgIpc) is 2.45. The van der Waals surface area contributed by atoms with E-state index in [1.54, 1.807) is 0 Å². The van der Waals surface area contributed by atoms with E-state index in [0.717, 1.165) is 0 Å². The van der Waals surface area contributed by atoms with Crippen LogP contribution in [0.15, 0.2) is 11.6 Å². The van der Waals surface area contributed by atoms with Gasteiger partial charge in [-0.1, -0.05) is 0 Å². The van der Waals surface area contributed by atoms with Crippen molar-refractivity contribution in [2.75, 3.05) is 14.2 Å². The van der Waals surface area contributed by atoms with Crippen molar-refractivity contribution in [2.45, 2.75) is 12.5 Å². The molecule has 0 N–H and O–H groups in total. The minimum absolute atomic E-state index is 0.0951. The van der Waals surface area contributed by atoms with Gasteiger partial charge in [0.05, 0.1) is 18.8 Å². The number of allylic oxidation sites excluding steroid dienone is 1. The van der Waals surface area contributed by atoms with Crippen LogP contribution in [-0.2, 0) is 19.1 Å². The van der Waals surface area contributed by atoms with Crippen molar-refractivity contribution in [2.24, 2.45) is 0 Å². The van der Waals surface area contributed by atoms with E-state index in [4.69, 9.17) is 4.74 Å². The van der Waals surface area contributed by atoms with Gasteiger partial charge in [0.25, 0.3) is 0 Å². The standard InChI is InChI=1S/C8H10O4/c1-11-7-4-5(9)3-6(7)8(10)12-2/h3,7H,4H2,1-2H3. The Bertz CT molecular complexity index is 241. The number of rotatable bonds is 2. The van der Waals surface area contributed by atoms with E-state index in [1.165, 1.54) is 20.3 Å². The summed E-state index contributed by atoms with van der Waals surface area (Å²) in [5.74, 6) is -0.588. The third-order valence-corrected chi connectivity index (χ3v) is 1.76. The zero-order valence-corrected chi connectivity index (χ0v) is 6.99. The van der Waals surface area contributed by atoms with Gasteiger partial charge in [-0.25, -0.2) is 4.79 Å². The summed E-state index contributed by atoms with van der Waals surface area (Å²) in [6.07, 6.45) is 1.09. The van der Waals surface area contributed by atoms with Crippen molar-refractivity contribution in [1.82, 2.24) is 0 Å². The van der Waals surface area contributed by atoms with Gasteiger partial charge >= 0.3 is 5.97 Å². The molecule has 0 heterocycles. The molecule has 66 valence electrons. The second-order valence-electron chi connectivity index (χ2n) is 2.49. The average molecular weight is 170 g/mol. The first-order chi connectivity index (χ1) is 5.69. The van der Waals surface area contributed by atoms with Crippen LogP contribution in [-0.4, -0.2) is 32.1 Å². The molecule has 12 heavy (non-hydrogen) atoms. The number of hydrogen-bond acceptors (Lipinski definition) is 4. The Morgan fingerprint density at radius 1 is 1.58 bits per heavy atom. The minimum Gasteiger partial charge on any atom is -0.466 e. The lowest BCUT2D eigenvalue weighted by molar-refractivity contribution is -0.137. The minimum atomic E-state index is -0.493. The van der Waals surface area contributed by atoms with Gasteiger partial charge in [-0.05, 0) is 6.08 Å². The maximum absolute atomic E-state index is 11.0. The Morgan fingerprint density at radius 3 is 2.75 bits per heavy atom. The topological polar surface area (TPSA) is 52.6 Å². The highest BCUT2D eigenvalue weighted by atomic mass is 16.5. The molecule has 0 saturated carbocycles. The fraction of sp³-hybridized carbons (Fsp3) is 0.500. The Morgan fingerprint density at radius 2 is 2.25 bits per heavy atom. The fourth-order valence-corrected chi connectivity index (χ4v) is 1.14. The lowest BCUT2D eigenvalue weighted by Crippen LogP contribution is -2.17. The van der Waals surface area contributed by atoms with Crippen molar-refractivity contribution >= 4 is 11.8 Å². The summed E-state index contributed by atoms with van der Waals surface area (Å²) in [7, 11) is 2.73. The quantitative estimate of drug-likeness (QED) is 0.550. The second kappa shape index (κ2) is 3.49. The molecule has 0 saturated heterocycles. The highest BCUT2D eigenvalue weighted by Gasteiger charge is 2.29. The molecule has 1 aliphatic carbocycles. The molecule has 4 nitrogen and oxygen atoms in total. The lowest BCUT2D eigenvalue weighted by Gasteiger charge is -2.09. The van der Waals surface area contributed by atoms with E-state index in [1.807, 2.05) is 0 Å². The van der Waals surface area contributed by atoms with Crippen molar-refractivity contribution in [3.8, 4) is 0 Å². The monoisotopic (exact) mass is 170 g/mol. The van der Waals surface area contributed by atoms with E-state index in [2.05, 4.69) is 4.74 Å². The predicted octanol–water partition coefficient (Wildman–Crippen LogP) is 0.0736. The van der Waals surface area contributed by atoms with Crippen LogP contribution in [0, 0.1) is 0 Å². The van der Waals surface area contributed by atoms with Crippen molar-refractivity contribution < 1.29 is 19.1 Å². The SMILES string of the molecule is COC(=O)C1=CC(=O)CC1OC. The van der Waals surface area contributed by atoms with E-state index in [0.29, 0.717) is 5.57 Å². The summed E-state index contributed by atoms with van der Waals surface area (Å²) in [6.45, 7) is 0. The molecule has 0 bridgehead atoms. The van der Waals surface area contributed by atoms with Crippen LogP contribution < -0.4 is 0 Å². The first-order valence-electron chi connectivity index (χ1n) is 3.54. The number of carbonyl (C=O) groups excluding carboxylic acids is 2. The Hall–Kier alpha value is -1.16. The van der Waals surface area contributed by atoms with Crippen molar-refractivity contribution in [3.05, 3.63) is 11.6 Å². The maximum atomic E-state index is 11.0. The Balaban J connectivity index is 2.79. The van der Waals surface area contributed by atoms with Crippen LogP contribution in [0.1, 0.15) is 6.42 Å². The first kappa shape index (κ1) is 8.93. The molecule has 0 fully saturated rings. The maximum Gasteiger partial charge on any atom is 0.336 e. The summed E-state index contributed by atoms with van der Waals surface area (Å²) in [6, 6.07) is 0. The number of ether oxygens (including phenoxy) is 2. The normalized spacial score (nSPS) is 22.3. The number of methoxy groups -OCH3 is 2. The third-order valence-electron chi connectivity index (χ3n) is 1.76. The van der Waals surface area contributed by atoms with Gasteiger partial charge in [0.2, 0.25) is 0 Å². The summed E-state index contributed by atoms with van der Waals surface area (Å²) in [5, 5.41) is 0. The van der Waals surface area contributed by atoms with E-state index in [9.17, 15) is 9.59 Å². The largest absolute Gasteiger partial charge is 0.466 e.